The number of pyridine rings is 1. The molecule has 1 N–H and O–H groups in total. The first-order chi connectivity index (χ1) is 7.92. The van der Waals surface area contributed by atoms with E-state index in [9.17, 15) is 0 Å². The number of hydrogen-bond acceptors (Lipinski definition) is 3. The molecule has 2 heterocycles. The Labute approximate surface area is 96.2 Å². The van der Waals surface area contributed by atoms with Crippen LogP contribution < -0.4 is 10.1 Å². The minimum Gasteiger partial charge on any atom is -0.473 e. The highest BCUT2D eigenvalue weighted by atomic mass is 16.5. The summed E-state index contributed by atoms with van der Waals surface area (Å²) in [5, 5.41) is 3.34. The second-order valence-electron chi connectivity index (χ2n) is 4.79. The highest BCUT2D eigenvalue weighted by molar-refractivity contribution is 5.24. The van der Waals surface area contributed by atoms with Gasteiger partial charge in [-0.2, -0.15) is 0 Å². The van der Waals surface area contributed by atoms with Crippen LogP contribution >= 0.6 is 0 Å². The lowest BCUT2D eigenvalue weighted by Crippen LogP contribution is -2.37. The molecule has 1 aromatic rings. The number of nitrogens with one attached hydrogen (secondary N) is 1. The van der Waals surface area contributed by atoms with Crippen molar-refractivity contribution in [2.45, 2.75) is 37.7 Å². The van der Waals surface area contributed by atoms with Crippen LogP contribution in [-0.2, 0) is 0 Å². The lowest BCUT2D eigenvalue weighted by Gasteiger charge is -2.23. The van der Waals surface area contributed by atoms with Crippen molar-refractivity contribution in [2.24, 2.45) is 0 Å². The minimum atomic E-state index is 0.299. The Morgan fingerprint density at radius 2 is 2.19 bits per heavy atom. The van der Waals surface area contributed by atoms with Crippen LogP contribution in [0, 0.1) is 0 Å². The SMILES string of the molecule is c1cc(O[C@@H]2CCCNC2)ncc1C1CC1. The van der Waals surface area contributed by atoms with Crippen molar-refractivity contribution in [1.82, 2.24) is 10.3 Å². The first-order valence-corrected chi connectivity index (χ1v) is 6.25. The lowest BCUT2D eigenvalue weighted by molar-refractivity contribution is 0.160. The van der Waals surface area contributed by atoms with Gasteiger partial charge in [0.05, 0.1) is 0 Å². The lowest BCUT2D eigenvalue weighted by atomic mass is 10.1. The fraction of sp³-hybridized carbons (Fsp3) is 0.615. The predicted octanol–water partition coefficient (Wildman–Crippen LogP) is 2.09. The molecule has 3 heteroatoms. The highest BCUT2D eigenvalue weighted by Crippen LogP contribution is 2.39. The summed E-state index contributed by atoms with van der Waals surface area (Å²) in [7, 11) is 0. The summed E-state index contributed by atoms with van der Waals surface area (Å²) in [5.41, 5.74) is 1.37. The normalized spacial score (nSPS) is 25.4. The maximum absolute atomic E-state index is 5.84. The molecular weight excluding hydrogens is 200 g/mol. The molecule has 86 valence electrons. The third kappa shape index (κ3) is 2.35. The van der Waals surface area contributed by atoms with Crippen LogP contribution in [0.3, 0.4) is 0 Å². The smallest absolute Gasteiger partial charge is 0.213 e. The van der Waals surface area contributed by atoms with E-state index in [1.165, 1.54) is 24.8 Å². The minimum absolute atomic E-state index is 0.299. The van der Waals surface area contributed by atoms with Crippen molar-refractivity contribution < 1.29 is 4.74 Å². The number of rotatable bonds is 3. The zero-order chi connectivity index (χ0) is 10.8. The van der Waals surface area contributed by atoms with Crippen LogP contribution in [0.25, 0.3) is 0 Å². The summed E-state index contributed by atoms with van der Waals surface area (Å²) < 4.78 is 5.84. The van der Waals surface area contributed by atoms with Gasteiger partial charge in [-0.25, -0.2) is 4.98 Å². The van der Waals surface area contributed by atoms with Gasteiger partial charge in [-0.15, -0.1) is 0 Å². The summed E-state index contributed by atoms with van der Waals surface area (Å²) in [6.07, 6.45) is 7.27. The van der Waals surface area contributed by atoms with Crippen LogP contribution in [0.1, 0.15) is 37.2 Å². The molecule has 0 spiro atoms. The molecule has 16 heavy (non-hydrogen) atoms. The first-order valence-electron chi connectivity index (χ1n) is 6.25. The number of hydrogen-bond donors (Lipinski definition) is 1. The topological polar surface area (TPSA) is 34.1 Å². The van der Waals surface area contributed by atoms with Crippen LogP contribution in [0.4, 0.5) is 0 Å². The molecule has 1 saturated carbocycles. The number of aromatic nitrogens is 1. The molecule has 1 atom stereocenters. The summed E-state index contributed by atoms with van der Waals surface area (Å²) in [6, 6.07) is 4.18. The Kier molecular flexibility index (Phi) is 2.79. The van der Waals surface area contributed by atoms with E-state index in [-0.39, 0.29) is 0 Å². The predicted molar refractivity (Wildman–Crippen MR) is 62.7 cm³/mol. The van der Waals surface area contributed by atoms with Gasteiger partial charge in [0.1, 0.15) is 6.10 Å². The van der Waals surface area contributed by atoms with Crippen molar-refractivity contribution in [3.8, 4) is 5.88 Å². The highest BCUT2D eigenvalue weighted by Gasteiger charge is 2.23. The second-order valence-corrected chi connectivity index (χ2v) is 4.79. The third-order valence-corrected chi connectivity index (χ3v) is 3.35. The molecule has 3 rings (SSSR count). The molecule has 0 radical (unpaired) electrons. The Hall–Kier alpha value is -1.09. The molecule has 2 fully saturated rings. The Balaban J connectivity index is 1.60. The Bertz CT molecular complexity index is 339. The molecule has 1 aromatic heterocycles. The van der Waals surface area contributed by atoms with Crippen molar-refractivity contribution >= 4 is 0 Å². The van der Waals surface area contributed by atoms with Gasteiger partial charge in [0.2, 0.25) is 5.88 Å². The fourth-order valence-electron chi connectivity index (χ4n) is 2.21. The molecule has 2 aliphatic rings. The van der Waals surface area contributed by atoms with E-state index < -0.39 is 0 Å². The van der Waals surface area contributed by atoms with E-state index in [1.807, 2.05) is 12.3 Å². The average Bonchev–Trinajstić information content (AvgIpc) is 3.15. The zero-order valence-electron chi connectivity index (χ0n) is 9.48. The molecule has 0 bridgehead atoms. The molecule has 1 aliphatic carbocycles. The number of piperidine rings is 1. The van der Waals surface area contributed by atoms with Gasteiger partial charge in [0.15, 0.2) is 0 Å². The van der Waals surface area contributed by atoms with Gasteiger partial charge < -0.3 is 10.1 Å². The molecule has 0 amide bonds. The van der Waals surface area contributed by atoms with Gasteiger partial charge in [-0.1, -0.05) is 6.07 Å². The molecule has 0 aromatic carbocycles. The maximum Gasteiger partial charge on any atom is 0.213 e. The molecule has 1 aliphatic heterocycles. The van der Waals surface area contributed by atoms with Crippen molar-refractivity contribution in [2.75, 3.05) is 13.1 Å². The van der Waals surface area contributed by atoms with E-state index in [2.05, 4.69) is 16.4 Å². The first kappa shape index (κ1) is 10.1. The van der Waals surface area contributed by atoms with E-state index in [0.717, 1.165) is 31.3 Å². The van der Waals surface area contributed by atoms with Crippen molar-refractivity contribution in [3.05, 3.63) is 23.9 Å². The largest absolute Gasteiger partial charge is 0.473 e. The number of ether oxygens (including phenoxy) is 1. The van der Waals surface area contributed by atoms with Crippen LogP contribution in [0.5, 0.6) is 5.88 Å². The van der Waals surface area contributed by atoms with Gasteiger partial charge >= 0.3 is 0 Å². The van der Waals surface area contributed by atoms with Gasteiger partial charge in [-0.05, 0) is 43.7 Å². The molecule has 1 saturated heterocycles. The van der Waals surface area contributed by atoms with Crippen LogP contribution in [0.2, 0.25) is 0 Å². The van der Waals surface area contributed by atoms with E-state index in [1.54, 1.807) is 0 Å². The summed E-state index contributed by atoms with van der Waals surface area (Å²) in [4.78, 5) is 4.38. The van der Waals surface area contributed by atoms with Crippen LogP contribution in [-0.4, -0.2) is 24.2 Å². The third-order valence-electron chi connectivity index (χ3n) is 3.35. The van der Waals surface area contributed by atoms with Crippen molar-refractivity contribution in [3.63, 3.8) is 0 Å². The maximum atomic E-state index is 5.84. The van der Waals surface area contributed by atoms with Gasteiger partial charge in [0, 0.05) is 18.8 Å². The Morgan fingerprint density at radius 1 is 1.25 bits per heavy atom. The Morgan fingerprint density at radius 3 is 2.81 bits per heavy atom. The van der Waals surface area contributed by atoms with Crippen molar-refractivity contribution in [1.29, 1.82) is 0 Å². The van der Waals surface area contributed by atoms with Crippen LogP contribution in [0.15, 0.2) is 18.3 Å². The van der Waals surface area contributed by atoms with Gasteiger partial charge in [-0.3, -0.25) is 0 Å². The monoisotopic (exact) mass is 218 g/mol. The van der Waals surface area contributed by atoms with E-state index in [4.69, 9.17) is 4.74 Å². The number of nitrogens with zero attached hydrogens (tertiary/aromatic N) is 1. The summed E-state index contributed by atoms with van der Waals surface area (Å²) >= 11 is 0. The summed E-state index contributed by atoms with van der Waals surface area (Å²) in [6.45, 7) is 2.07. The average molecular weight is 218 g/mol. The van der Waals surface area contributed by atoms with Gasteiger partial charge in [0.25, 0.3) is 0 Å². The van der Waals surface area contributed by atoms with E-state index in [0.29, 0.717) is 6.10 Å². The van der Waals surface area contributed by atoms with E-state index >= 15 is 0 Å². The second kappa shape index (κ2) is 4.42. The zero-order valence-corrected chi connectivity index (χ0v) is 9.48. The fourth-order valence-corrected chi connectivity index (χ4v) is 2.21. The standard InChI is InChI=1S/C13H18N2O/c1-2-12(9-14-7-1)16-13-6-5-11(8-15-13)10-3-4-10/h5-6,8,10,12,14H,1-4,7,9H2/t12-/m1/s1. The summed E-state index contributed by atoms with van der Waals surface area (Å²) in [5.74, 6) is 1.55. The molecule has 3 nitrogen and oxygen atoms in total. The molecular formula is C13H18N2O. The molecule has 0 unspecified atom stereocenters. The quantitative estimate of drug-likeness (QED) is 0.843.